The van der Waals surface area contributed by atoms with E-state index in [0.29, 0.717) is 17.1 Å². The van der Waals surface area contributed by atoms with Crippen LogP contribution in [-0.2, 0) is 14.8 Å². The molecule has 2 aromatic carbocycles. The van der Waals surface area contributed by atoms with Crippen LogP contribution in [0.2, 0.25) is 0 Å². The number of hydrogen-bond donors (Lipinski definition) is 2. The van der Waals surface area contributed by atoms with Crippen molar-refractivity contribution in [2.45, 2.75) is 4.90 Å². The number of nitrogens with zero attached hydrogens (tertiary/aromatic N) is 2. The molecule has 0 aliphatic heterocycles. The zero-order valence-electron chi connectivity index (χ0n) is 14.3. The van der Waals surface area contributed by atoms with Crippen molar-refractivity contribution < 1.29 is 17.9 Å². The van der Waals surface area contributed by atoms with Gasteiger partial charge in [-0.3, -0.25) is 4.72 Å². The predicted octanol–water partition coefficient (Wildman–Crippen LogP) is 2.81. The molecule has 0 aliphatic rings. The number of sulfonamides is 1. The van der Waals surface area contributed by atoms with Gasteiger partial charge in [-0.2, -0.15) is 0 Å². The summed E-state index contributed by atoms with van der Waals surface area (Å²) in [7, 11) is -2.40. The molecule has 0 saturated heterocycles. The minimum absolute atomic E-state index is 0.102. The van der Waals surface area contributed by atoms with Gasteiger partial charge >= 0.3 is 5.97 Å². The number of ether oxygens (including phenoxy) is 1. The summed E-state index contributed by atoms with van der Waals surface area (Å²) in [5.41, 5.74) is 1.12. The second-order valence-corrected chi connectivity index (χ2v) is 7.10. The van der Waals surface area contributed by atoms with Crippen molar-refractivity contribution >= 4 is 33.3 Å². The van der Waals surface area contributed by atoms with E-state index in [1.807, 2.05) is 0 Å². The Labute approximate surface area is 156 Å². The largest absolute Gasteiger partial charge is 0.465 e. The number of methoxy groups -OCH3 is 1. The van der Waals surface area contributed by atoms with Crippen molar-refractivity contribution in [1.82, 2.24) is 10.2 Å². The lowest BCUT2D eigenvalue weighted by Crippen LogP contribution is -2.14. The average molecular weight is 384 g/mol. The van der Waals surface area contributed by atoms with E-state index in [2.05, 4.69) is 25.0 Å². The van der Waals surface area contributed by atoms with Crippen LogP contribution in [-0.4, -0.2) is 31.7 Å². The molecule has 0 unspecified atom stereocenters. The summed E-state index contributed by atoms with van der Waals surface area (Å²) in [6, 6.07) is 17.7. The lowest BCUT2D eigenvalue weighted by molar-refractivity contribution is 0.0600. The van der Waals surface area contributed by atoms with Gasteiger partial charge in [-0.25, -0.2) is 13.2 Å². The highest BCUT2D eigenvalue weighted by Crippen LogP contribution is 2.18. The second-order valence-electron chi connectivity index (χ2n) is 5.42. The van der Waals surface area contributed by atoms with E-state index in [4.69, 9.17) is 0 Å². The Balaban J connectivity index is 1.68. The minimum atomic E-state index is -3.72. The van der Waals surface area contributed by atoms with Crippen LogP contribution in [0.5, 0.6) is 0 Å². The molecule has 0 bridgehead atoms. The van der Waals surface area contributed by atoms with E-state index in [1.165, 1.54) is 25.3 Å². The van der Waals surface area contributed by atoms with Crippen LogP contribution < -0.4 is 10.0 Å². The maximum Gasteiger partial charge on any atom is 0.337 e. The van der Waals surface area contributed by atoms with Crippen molar-refractivity contribution in [3.05, 3.63) is 72.3 Å². The number of carbonyl (C=O) groups is 1. The topological polar surface area (TPSA) is 110 Å². The second kappa shape index (κ2) is 7.83. The van der Waals surface area contributed by atoms with Crippen molar-refractivity contribution in [3.8, 4) is 0 Å². The first-order chi connectivity index (χ1) is 13.0. The first-order valence-electron chi connectivity index (χ1n) is 7.85. The first-order valence-corrected chi connectivity index (χ1v) is 9.33. The Hall–Kier alpha value is -3.46. The van der Waals surface area contributed by atoms with Crippen molar-refractivity contribution in [2.24, 2.45) is 0 Å². The highest BCUT2D eigenvalue weighted by Gasteiger charge is 2.14. The van der Waals surface area contributed by atoms with Gasteiger partial charge in [-0.05, 0) is 48.5 Å². The van der Waals surface area contributed by atoms with Crippen molar-refractivity contribution in [2.75, 3.05) is 17.1 Å². The Kier molecular flexibility index (Phi) is 5.32. The van der Waals surface area contributed by atoms with Gasteiger partial charge in [0.2, 0.25) is 0 Å². The number of anilines is 3. The van der Waals surface area contributed by atoms with E-state index in [0.717, 1.165) is 0 Å². The number of esters is 1. The van der Waals surface area contributed by atoms with Crippen LogP contribution in [0.1, 0.15) is 10.4 Å². The molecule has 0 radical (unpaired) electrons. The Bertz CT molecular complexity index is 1020. The molecular weight excluding hydrogens is 368 g/mol. The van der Waals surface area contributed by atoms with Crippen molar-refractivity contribution in [1.29, 1.82) is 0 Å². The quantitative estimate of drug-likeness (QED) is 0.629. The number of carbonyl (C=O) groups excluding carboxylic acids is 1. The Morgan fingerprint density at radius 3 is 2.11 bits per heavy atom. The van der Waals surface area contributed by atoms with E-state index in [9.17, 15) is 13.2 Å². The molecule has 3 rings (SSSR count). The molecule has 0 spiro atoms. The van der Waals surface area contributed by atoms with Gasteiger partial charge in [-0.15, -0.1) is 10.2 Å². The molecule has 0 aliphatic carbocycles. The fourth-order valence-electron chi connectivity index (χ4n) is 2.20. The number of aromatic nitrogens is 2. The maximum absolute atomic E-state index is 12.3. The van der Waals surface area contributed by atoms with E-state index < -0.39 is 16.0 Å². The molecular formula is C18H16N4O4S. The highest BCUT2D eigenvalue weighted by atomic mass is 32.2. The van der Waals surface area contributed by atoms with Gasteiger partial charge in [-0.1, -0.05) is 18.2 Å². The SMILES string of the molecule is COC(=O)c1ccc(Nc2ccc(NS(=O)(=O)c3ccccc3)nn2)cc1. The normalized spacial score (nSPS) is 10.9. The smallest absolute Gasteiger partial charge is 0.337 e. The molecule has 0 atom stereocenters. The maximum atomic E-state index is 12.3. The average Bonchev–Trinajstić information content (AvgIpc) is 2.70. The molecule has 9 heteroatoms. The zero-order valence-corrected chi connectivity index (χ0v) is 15.1. The summed E-state index contributed by atoms with van der Waals surface area (Å²) in [6.45, 7) is 0. The Morgan fingerprint density at radius 2 is 1.52 bits per heavy atom. The van der Waals surface area contributed by atoms with E-state index in [1.54, 1.807) is 48.5 Å². The van der Waals surface area contributed by atoms with Gasteiger partial charge in [0.15, 0.2) is 11.6 Å². The standard InChI is InChI=1S/C18H16N4O4S/c1-26-18(23)13-7-9-14(10-8-13)19-16-11-12-17(21-20-16)22-27(24,25)15-5-3-2-4-6-15/h2-12H,1H3,(H,19,20)(H,21,22). The predicted molar refractivity (Wildman–Crippen MR) is 100 cm³/mol. The van der Waals surface area contributed by atoms with Crippen molar-refractivity contribution in [3.63, 3.8) is 0 Å². The number of benzene rings is 2. The molecule has 8 nitrogen and oxygen atoms in total. The van der Waals surface area contributed by atoms with Gasteiger partial charge < -0.3 is 10.1 Å². The number of nitrogens with one attached hydrogen (secondary N) is 2. The highest BCUT2D eigenvalue weighted by molar-refractivity contribution is 7.92. The van der Waals surface area contributed by atoms with Crippen LogP contribution in [0.25, 0.3) is 0 Å². The summed E-state index contributed by atoms with van der Waals surface area (Å²) in [5, 5.41) is 10.8. The van der Waals surface area contributed by atoms with Crippen LogP contribution in [0.3, 0.4) is 0 Å². The monoisotopic (exact) mass is 384 g/mol. The summed E-state index contributed by atoms with van der Waals surface area (Å²) in [5.74, 6) is 0.102. The molecule has 3 aromatic rings. The van der Waals surface area contributed by atoms with Gasteiger partial charge in [0.1, 0.15) is 0 Å². The van der Waals surface area contributed by atoms with E-state index >= 15 is 0 Å². The van der Waals surface area contributed by atoms with Crippen LogP contribution in [0.4, 0.5) is 17.3 Å². The third-order valence-corrected chi connectivity index (χ3v) is 4.91. The van der Waals surface area contributed by atoms with Crippen LogP contribution >= 0.6 is 0 Å². The summed E-state index contributed by atoms with van der Waals surface area (Å²) in [4.78, 5) is 11.6. The molecule has 0 saturated carbocycles. The zero-order chi connectivity index (χ0) is 19.3. The molecule has 27 heavy (non-hydrogen) atoms. The van der Waals surface area contributed by atoms with Crippen LogP contribution in [0, 0.1) is 0 Å². The fourth-order valence-corrected chi connectivity index (χ4v) is 3.22. The first kappa shape index (κ1) is 18.3. The van der Waals surface area contributed by atoms with Gasteiger partial charge in [0.25, 0.3) is 10.0 Å². The summed E-state index contributed by atoms with van der Waals surface area (Å²) in [6.07, 6.45) is 0. The molecule has 1 heterocycles. The molecule has 0 amide bonds. The lowest BCUT2D eigenvalue weighted by Gasteiger charge is -2.08. The molecule has 0 fully saturated rings. The molecule has 2 N–H and O–H groups in total. The van der Waals surface area contributed by atoms with Crippen LogP contribution in [0.15, 0.2) is 71.6 Å². The van der Waals surface area contributed by atoms with Gasteiger partial charge in [0.05, 0.1) is 17.6 Å². The third-order valence-electron chi connectivity index (χ3n) is 3.54. The van der Waals surface area contributed by atoms with E-state index in [-0.39, 0.29) is 10.7 Å². The number of rotatable bonds is 6. The summed E-state index contributed by atoms with van der Waals surface area (Å²) < 4.78 is 31.5. The number of hydrogen-bond acceptors (Lipinski definition) is 7. The molecule has 138 valence electrons. The Morgan fingerprint density at radius 1 is 0.889 bits per heavy atom. The third kappa shape index (κ3) is 4.59. The fraction of sp³-hybridized carbons (Fsp3) is 0.0556. The molecule has 1 aromatic heterocycles. The summed E-state index contributed by atoms with van der Waals surface area (Å²) >= 11 is 0. The van der Waals surface area contributed by atoms with Gasteiger partial charge in [0, 0.05) is 5.69 Å². The lowest BCUT2D eigenvalue weighted by atomic mass is 10.2. The minimum Gasteiger partial charge on any atom is -0.465 e.